The van der Waals surface area contributed by atoms with Gasteiger partial charge < -0.3 is 28.3 Å². The van der Waals surface area contributed by atoms with Gasteiger partial charge in [-0.2, -0.15) is 0 Å². The molecule has 0 aliphatic rings. The number of rotatable bonds is 19. The van der Waals surface area contributed by atoms with E-state index in [1.165, 1.54) is 38.5 Å². The van der Waals surface area contributed by atoms with E-state index in [1.54, 1.807) is 0 Å². The highest BCUT2D eigenvalue weighted by molar-refractivity contribution is 7.45. The molecule has 0 saturated carbocycles. The number of phosphoric acid groups is 1. The minimum Gasteiger partial charge on any atom is -0.756 e. The molecule has 0 aliphatic carbocycles. The maximum Gasteiger partial charge on any atom is 0.305 e. The summed E-state index contributed by atoms with van der Waals surface area (Å²) in [5.74, 6) is -0.392. The molecule has 0 bridgehead atoms. The fourth-order valence-corrected chi connectivity index (χ4v) is 3.26. The summed E-state index contributed by atoms with van der Waals surface area (Å²) in [6.45, 7) is 1.89. The summed E-state index contributed by atoms with van der Waals surface area (Å²) in [5.41, 5.74) is 0. The maximum absolute atomic E-state index is 11.7. The molecular weight excluding hydrogens is 397 g/mol. The van der Waals surface area contributed by atoms with Gasteiger partial charge in [0.2, 0.25) is 0 Å². The second kappa shape index (κ2) is 16.2. The zero-order valence-electron chi connectivity index (χ0n) is 18.8. The molecule has 1 N–H and O–H groups in total. The molecule has 0 amide bonds. The van der Waals surface area contributed by atoms with Crippen LogP contribution in [-0.4, -0.2) is 69.2 Å². The van der Waals surface area contributed by atoms with Crippen LogP contribution in [-0.2, 0) is 23.1 Å². The van der Waals surface area contributed by atoms with Crippen molar-refractivity contribution in [1.29, 1.82) is 0 Å². The first-order chi connectivity index (χ1) is 13.6. The summed E-state index contributed by atoms with van der Waals surface area (Å²) >= 11 is 0. The van der Waals surface area contributed by atoms with Crippen LogP contribution < -0.4 is 4.89 Å². The maximum atomic E-state index is 11.7. The number of likely N-dealkylation sites (N-methyl/N-ethyl adjacent to an activating group) is 1. The molecule has 0 spiro atoms. The number of aliphatic hydroxyl groups is 1. The highest BCUT2D eigenvalue weighted by Gasteiger charge is 2.16. The molecule has 174 valence electrons. The Labute approximate surface area is 176 Å². The van der Waals surface area contributed by atoms with E-state index in [0.717, 1.165) is 19.3 Å². The second-order valence-corrected chi connectivity index (χ2v) is 9.92. The Hall–Kier alpha value is -0.500. The van der Waals surface area contributed by atoms with Crippen molar-refractivity contribution in [2.45, 2.75) is 77.2 Å². The number of hydrogen-bond donors (Lipinski definition) is 1. The zero-order chi connectivity index (χ0) is 22.2. The van der Waals surface area contributed by atoms with E-state index >= 15 is 0 Å². The van der Waals surface area contributed by atoms with Crippen LogP contribution in [0.5, 0.6) is 0 Å². The molecule has 0 aromatic heterocycles. The number of hydrogen-bond acceptors (Lipinski definition) is 7. The number of esters is 1. The van der Waals surface area contributed by atoms with Gasteiger partial charge in [-0.3, -0.25) is 9.36 Å². The standard InChI is InChI=1S/C20H42NO7P/c1-5-6-7-8-9-10-11-12-13-14-20(23)26-17-19(22)18-28-29(24,25)27-16-15-21(2,3)4/h19,22H,5-18H2,1-4H3/t19-/m0/s1. The zero-order valence-corrected chi connectivity index (χ0v) is 19.7. The van der Waals surface area contributed by atoms with Gasteiger partial charge in [0.05, 0.1) is 27.7 Å². The minimum atomic E-state index is -4.48. The third-order valence-corrected chi connectivity index (χ3v) is 5.32. The number of quaternary nitrogens is 1. The Morgan fingerprint density at radius 3 is 2.07 bits per heavy atom. The van der Waals surface area contributed by atoms with Crippen LogP contribution in [0.4, 0.5) is 0 Å². The van der Waals surface area contributed by atoms with E-state index in [0.29, 0.717) is 17.4 Å². The Bertz CT molecular complexity index is 468. The third kappa shape index (κ3) is 20.5. The van der Waals surface area contributed by atoms with E-state index in [-0.39, 0.29) is 13.2 Å². The topological polar surface area (TPSA) is 105 Å². The Morgan fingerprint density at radius 1 is 0.966 bits per heavy atom. The summed E-state index contributed by atoms with van der Waals surface area (Å²) < 4.78 is 26.5. The number of carbonyl (C=O) groups excluding carboxylic acids is 1. The highest BCUT2D eigenvalue weighted by atomic mass is 31.2. The molecule has 0 aromatic carbocycles. The molecule has 8 nitrogen and oxygen atoms in total. The second-order valence-electron chi connectivity index (χ2n) is 8.51. The molecule has 29 heavy (non-hydrogen) atoms. The number of phosphoric ester groups is 1. The molecule has 0 aromatic rings. The number of unbranched alkanes of at least 4 members (excludes halogenated alkanes) is 8. The molecule has 2 atom stereocenters. The van der Waals surface area contributed by atoms with E-state index in [1.807, 2.05) is 21.1 Å². The molecule has 9 heteroatoms. The first kappa shape index (κ1) is 28.5. The third-order valence-electron chi connectivity index (χ3n) is 4.36. The van der Waals surface area contributed by atoms with Crippen molar-refractivity contribution in [3.05, 3.63) is 0 Å². The lowest BCUT2D eigenvalue weighted by atomic mass is 10.1. The smallest absolute Gasteiger partial charge is 0.305 e. The van der Waals surface area contributed by atoms with E-state index in [4.69, 9.17) is 9.26 Å². The predicted octanol–water partition coefficient (Wildman–Crippen LogP) is 3.02. The van der Waals surface area contributed by atoms with Crippen LogP contribution in [0.15, 0.2) is 0 Å². The normalized spacial score (nSPS) is 15.1. The van der Waals surface area contributed by atoms with Crippen LogP contribution in [0.1, 0.15) is 71.1 Å². The fraction of sp³-hybridized carbons (Fsp3) is 0.950. The van der Waals surface area contributed by atoms with Crippen LogP contribution in [0.2, 0.25) is 0 Å². The SMILES string of the molecule is CCCCCCCCCCCC(=O)OC[C@H](O)COP(=O)([O-])OCC[N+](C)(C)C. The lowest BCUT2D eigenvalue weighted by molar-refractivity contribution is -0.870. The van der Waals surface area contributed by atoms with Crippen molar-refractivity contribution in [3.63, 3.8) is 0 Å². The predicted molar refractivity (Wildman–Crippen MR) is 111 cm³/mol. The van der Waals surface area contributed by atoms with E-state index in [9.17, 15) is 19.4 Å². The van der Waals surface area contributed by atoms with Crippen molar-refractivity contribution in [1.82, 2.24) is 0 Å². The summed E-state index contributed by atoms with van der Waals surface area (Å²) in [6, 6.07) is 0. The van der Waals surface area contributed by atoms with Crippen molar-refractivity contribution < 1.29 is 37.6 Å². The summed E-state index contributed by atoms with van der Waals surface area (Å²) in [4.78, 5) is 23.3. The van der Waals surface area contributed by atoms with Crippen molar-refractivity contribution in [2.75, 3.05) is 47.5 Å². The van der Waals surface area contributed by atoms with Gasteiger partial charge in [-0.1, -0.05) is 58.3 Å². The molecular formula is C20H42NO7P. The van der Waals surface area contributed by atoms with Crippen molar-refractivity contribution in [2.24, 2.45) is 0 Å². The largest absolute Gasteiger partial charge is 0.756 e. The summed E-state index contributed by atoms with van der Waals surface area (Å²) in [6.07, 6.45) is 9.54. The van der Waals surface area contributed by atoms with Gasteiger partial charge in [0.25, 0.3) is 7.82 Å². The number of carbonyl (C=O) groups is 1. The first-order valence-electron chi connectivity index (χ1n) is 10.8. The molecule has 0 radical (unpaired) electrons. The number of ether oxygens (including phenoxy) is 1. The Balaban J connectivity index is 3.69. The van der Waals surface area contributed by atoms with E-state index < -0.39 is 26.5 Å². The molecule has 0 rings (SSSR count). The summed E-state index contributed by atoms with van der Waals surface area (Å²) in [5, 5.41) is 9.73. The molecule has 0 heterocycles. The van der Waals surface area contributed by atoms with Gasteiger partial charge in [-0.15, -0.1) is 0 Å². The average molecular weight is 440 g/mol. The van der Waals surface area contributed by atoms with E-state index in [2.05, 4.69) is 11.4 Å². The Morgan fingerprint density at radius 2 is 1.52 bits per heavy atom. The van der Waals surface area contributed by atoms with Crippen LogP contribution in [0.25, 0.3) is 0 Å². The van der Waals surface area contributed by atoms with Crippen molar-refractivity contribution in [3.8, 4) is 0 Å². The molecule has 0 aliphatic heterocycles. The Kier molecular flexibility index (Phi) is 15.9. The van der Waals surface area contributed by atoms with Gasteiger partial charge in [-0.05, 0) is 6.42 Å². The van der Waals surface area contributed by atoms with Gasteiger partial charge in [0.1, 0.15) is 25.9 Å². The average Bonchev–Trinajstić information content (AvgIpc) is 2.62. The number of nitrogens with zero attached hydrogens (tertiary/aromatic N) is 1. The minimum absolute atomic E-state index is 0.00585. The van der Waals surface area contributed by atoms with Gasteiger partial charge in [-0.25, -0.2) is 0 Å². The molecule has 0 fully saturated rings. The van der Waals surface area contributed by atoms with Crippen LogP contribution in [0, 0.1) is 0 Å². The van der Waals surface area contributed by atoms with Crippen LogP contribution in [0.3, 0.4) is 0 Å². The van der Waals surface area contributed by atoms with Gasteiger partial charge in [0.15, 0.2) is 0 Å². The molecule has 1 unspecified atom stereocenters. The molecule has 0 saturated heterocycles. The lowest BCUT2D eigenvalue weighted by Crippen LogP contribution is -2.37. The summed E-state index contributed by atoms with van der Waals surface area (Å²) in [7, 11) is 1.25. The fourth-order valence-electron chi connectivity index (χ4n) is 2.53. The first-order valence-corrected chi connectivity index (χ1v) is 12.3. The van der Waals surface area contributed by atoms with Gasteiger partial charge >= 0.3 is 5.97 Å². The monoisotopic (exact) mass is 439 g/mol. The van der Waals surface area contributed by atoms with Gasteiger partial charge in [0, 0.05) is 6.42 Å². The number of aliphatic hydroxyl groups excluding tert-OH is 1. The quantitative estimate of drug-likeness (QED) is 0.143. The lowest BCUT2D eigenvalue weighted by Gasteiger charge is -2.27. The van der Waals surface area contributed by atoms with Crippen LogP contribution >= 0.6 is 7.82 Å². The van der Waals surface area contributed by atoms with Crippen molar-refractivity contribution >= 4 is 13.8 Å². The highest BCUT2D eigenvalue weighted by Crippen LogP contribution is 2.38.